The highest BCUT2D eigenvalue weighted by Crippen LogP contribution is 2.16. The fourth-order valence-corrected chi connectivity index (χ4v) is 2.92. The maximum atomic E-state index is 12.9. The topological polar surface area (TPSA) is 74.9 Å². The minimum atomic E-state index is -1.17. The summed E-state index contributed by atoms with van der Waals surface area (Å²) < 4.78 is 12.9. The number of hydrogen-bond donors (Lipinski definition) is 2. The van der Waals surface area contributed by atoms with Crippen LogP contribution in [0.1, 0.15) is 18.4 Å². The summed E-state index contributed by atoms with van der Waals surface area (Å²) in [6.45, 7) is 2.88. The summed E-state index contributed by atoms with van der Waals surface area (Å²) in [5.41, 5.74) is -0.0742. The molecule has 2 rings (SSSR count). The predicted octanol–water partition coefficient (Wildman–Crippen LogP) is 1.39. The first-order chi connectivity index (χ1) is 11.1. The lowest BCUT2D eigenvalue weighted by molar-refractivity contribution is 0.182. The number of hydrogen-bond acceptors (Lipinski definition) is 5. The van der Waals surface area contributed by atoms with Crippen LogP contribution in [0.25, 0.3) is 0 Å². The Balaban J connectivity index is 1.85. The highest BCUT2D eigenvalue weighted by molar-refractivity contribution is 5.23. The summed E-state index contributed by atoms with van der Waals surface area (Å²) in [4.78, 5) is 2.31. The zero-order valence-corrected chi connectivity index (χ0v) is 13.3. The quantitative estimate of drug-likeness (QED) is 0.830. The Labute approximate surface area is 136 Å². The molecule has 6 heteroatoms. The van der Waals surface area contributed by atoms with Crippen LogP contribution in [0.4, 0.5) is 4.39 Å². The van der Waals surface area contributed by atoms with Crippen molar-refractivity contribution in [2.45, 2.75) is 31.0 Å². The molecular weight excluding hydrogens is 293 g/mol. The van der Waals surface area contributed by atoms with Gasteiger partial charge in [0.25, 0.3) is 0 Å². The molecule has 1 saturated heterocycles. The summed E-state index contributed by atoms with van der Waals surface area (Å²) in [7, 11) is 1.73. The number of piperidine rings is 1. The number of rotatable bonds is 6. The molecule has 1 aromatic carbocycles. The first-order valence-electron chi connectivity index (χ1n) is 7.82. The molecule has 2 N–H and O–H groups in total. The largest absolute Gasteiger partial charge is 0.316 e. The zero-order chi connectivity index (χ0) is 16.7. The number of likely N-dealkylation sites (tertiary alicyclic amines) is 1. The number of nitrogens with zero attached hydrogens (tertiary/aromatic N) is 3. The van der Waals surface area contributed by atoms with Gasteiger partial charge >= 0.3 is 0 Å². The second-order valence-corrected chi connectivity index (χ2v) is 5.98. The number of halogens is 1. The van der Waals surface area contributed by atoms with E-state index in [1.165, 1.54) is 12.1 Å². The van der Waals surface area contributed by atoms with E-state index < -0.39 is 5.54 Å². The van der Waals surface area contributed by atoms with Gasteiger partial charge in [0, 0.05) is 19.1 Å². The molecule has 1 aliphatic rings. The normalized spacial score (nSPS) is 16.7. The molecule has 0 saturated carbocycles. The molecule has 1 fully saturated rings. The van der Waals surface area contributed by atoms with Gasteiger partial charge in [0.05, 0.1) is 0 Å². The number of benzene rings is 1. The Morgan fingerprint density at radius 3 is 2.35 bits per heavy atom. The molecule has 0 bridgehead atoms. The molecule has 0 radical (unpaired) electrons. The van der Waals surface area contributed by atoms with Gasteiger partial charge in [-0.15, -0.1) is 0 Å². The predicted molar refractivity (Wildman–Crippen MR) is 85.7 cm³/mol. The van der Waals surface area contributed by atoms with Crippen molar-refractivity contribution in [3.8, 4) is 12.1 Å². The van der Waals surface area contributed by atoms with E-state index in [4.69, 9.17) is 0 Å². The van der Waals surface area contributed by atoms with Gasteiger partial charge < -0.3 is 5.32 Å². The molecule has 0 atom stereocenters. The molecule has 0 amide bonds. The van der Waals surface area contributed by atoms with Gasteiger partial charge in [0.1, 0.15) is 18.0 Å². The van der Waals surface area contributed by atoms with Crippen molar-refractivity contribution >= 4 is 0 Å². The van der Waals surface area contributed by atoms with E-state index in [-0.39, 0.29) is 11.9 Å². The van der Waals surface area contributed by atoms with Crippen molar-refractivity contribution in [2.75, 3.05) is 26.7 Å². The number of likely N-dealkylation sites (N-methyl/N-ethyl adjacent to an activating group) is 1. The van der Waals surface area contributed by atoms with Crippen molar-refractivity contribution in [3.63, 3.8) is 0 Å². The first-order valence-corrected chi connectivity index (χ1v) is 7.82. The highest BCUT2D eigenvalue weighted by Gasteiger charge is 2.33. The van der Waals surface area contributed by atoms with Crippen LogP contribution in [0.15, 0.2) is 24.3 Å². The average Bonchev–Trinajstić information content (AvgIpc) is 2.58. The van der Waals surface area contributed by atoms with Gasteiger partial charge in [0.2, 0.25) is 5.54 Å². The second-order valence-electron chi connectivity index (χ2n) is 5.98. The summed E-state index contributed by atoms with van der Waals surface area (Å²) >= 11 is 0. The van der Waals surface area contributed by atoms with E-state index in [1.807, 2.05) is 12.1 Å². The minimum Gasteiger partial charge on any atom is -0.316 e. The van der Waals surface area contributed by atoms with E-state index in [2.05, 4.69) is 27.7 Å². The fourth-order valence-electron chi connectivity index (χ4n) is 2.92. The maximum Gasteiger partial charge on any atom is 0.206 e. The van der Waals surface area contributed by atoms with Gasteiger partial charge in [-0.05, 0) is 50.7 Å². The molecule has 1 heterocycles. The van der Waals surface area contributed by atoms with E-state index in [0.29, 0.717) is 6.54 Å². The van der Waals surface area contributed by atoms with Crippen LogP contribution < -0.4 is 10.6 Å². The third kappa shape index (κ3) is 4.74. The van der Waals surface area contributed by atoms with Crippen molar-refractivity contribution in [3.05, 3.63) is 35.6 Å². The van der Waals surface area contributed by atoms with Crippen LogP contribution in [0, 0.1) is 28.5 Å². The lowest BCUT2D eigenvalue weighted by atomic mass is 9.97. The molecule has 5 nitrogen and oxygen atoms in total. The van der Waals surface area contributed by atoms with Crippen molar-refractivity contribution < 1.29 is 4.39 Å². The highest BCUT2D eigenvalue weighted by atomic mass is 19.1. The van der Waals surface area contributed by atoms with Crippen LogP contribution >= 0.6 is 0 Å². The maximum absolute atomic E-state index is 12.9. The Bertz CT molecular complexity index is 564. The van der Waals surface area contributed by atoms with Gasteiger partial charge in [-0.25, -0.2) is 4.39 Å². The summed E-state index contributed by atoms with van der Waals surface area (Å²) in [5, 5.41) is 24.7. The van der Waals surface area contributed by atoms with E-state index in [9.17, 15) is 14.9 Å². The zero-order valence-electron chi connectivity index (χ0n) is 13.3. The standard InChI is InChI=1S/C17H22FN5/c1-21-13-17(11-19,12-20)22-16-6-8-23(9-7-16)10-14-2-4-15(18)5-3-14/h2-5,16,21-22H,6-10,13H2,1H3. The van der Waals surface area contributed by atoms with Crippen LogP contribution in [0.2, 0.25) is 0 Å². The minimum absolute atomic E-state index is 0.159. The van der Waals surface area contributed by atoms with Crippen molar-refractivity contribution in [1.82, 2.24) is 15.5 Å². The third-order valence-corrected chi connectivity index (χ3v) is 4.18. The van der Waals surface area contributed by atoms with Crippen LogP contribution in [0.5, 0.6) is 0 Å². The van der Waals surface area contributed by atoms with Crippen LogP contribution in [-0.2, 0) is 6.54 Å². The molecule has 1 aromatic rings. The summed E-state index contributed by atoms with van der Waals surface area (Å²) in [6, 6.07) is 10.9. The fraction of sp³-hybridized carbons (Fsp3) is 0.529. The molecule has 0 aromatic heterocycles. The molecule has 122 valence electrons. The van der Waals surface area contributed by atoms with E-state index in [0.717, 1.165) is 38.0 Å². The van der Waals surface area contributed by atoms with E-state index >= 15 is 0 Å². The molecule has 0 unspecified atom stereocenters. The van der Waals surface area contributed by atoms with Gasteiger partial charge in [-0.3, -0.25) is 10.2 Å². The van der Waals surface area contributed by atoms with Crippen molar-refractivity contribution in [1.29, 1.82) is 10.5 Å². The van der Waals surface area contributed by atoms with Gasteiger partial charge in [0.15, 0.2) is 0 Å². The molecular formula is C17H22FN5. The van der Waals surface area contributed by atoms with Gasteiger partial charge in [-0.2, -0.15) is 10.5 Å². The summed E-state index contributed by atoms with van der Waals surface area (Å²) in [6.07, 6.45) is 1.77. The Hall–Kier alpha value is -1.99. The number of nitriles is 2. The summed E-state index contributed by atoms with van der Waals surface area (Å²) in [5.74, 6) is -0.217. The SMILES string of the molecule is CNCC(C#N)(C#N)NC1CCN(Cc2ccc(F)cc2)CC1. The van der Waals surface area contributed by atoms with Crippen LogP contribution in [-0.4, -0.2) is 43.2 Å². The number of nitrogens with one attached hydrogen (secondary N) is 2. The first kappa shape index (κ1) is 17.4. The second kappa shape index (κ2) is 8.03. The molecule has 0 aliphatic carbocycles. The third-order valence-electron chi connectivity index (χ3n) is 4.18. The Kier molecular flexibility index (Phi) is 6.06. The average molecular weight is 315 g/mol. The Morgan fingerprint density at radius 2 is 1.83 bits per heavy atom. The molecule has 0 spiro atoms. The molecule has 23 heavy (non-hydrogen) atoms. The Morgan fingerprint density at radius 1 is 1.22 bits per heavy atom. The lowest BCUT2D eigenvalue weighted by Crippen LogP contribution is -2.56. The molecule has 1 aliphatic heterocycles. The van der Waals surface area contributed by atoms with Gasteiger partial charge in [-0.1, -0.05) is 12.1 Å². The lowest BCUT2D eigenvalue weighted by Gasteiger charge is -2.35. The van der Waals surface area contributed by atoms with Crippen molar-refractivity contribution in [2.24, 2.45) is 0 Å². The van der Waals surface area contributed by atoms with Crippen LogP contribution in [0.3, 0.4) is 0 Å². The smallest absolute Gasteiger partial charge is 0.206 e. The monoisotopic (exact) mass is 315 g/mol. The van der Waals surface area contributed by atoms with E-state index in [1.54, 1.807) is 7.05 Å².